The number of carbonyl (C=O) groups excluding carboxylic acids is 2. The molecule has 0 fully saturated rings. The Bertz CT molecular complexity index is 647. The summed E-state index contributed by atoms with van der Waals surface area (Å²) < 4.78 is 9.85. The number of ether oxygens (including phenoxy) is 2. The first-order valence-electron chi connectivity index (χ1n) is 6.49. The highest BCUT2D eigenvalue weighted by Crippen LogP contribution is 2.21. The van der Waals surface area contributed by atoms with Crippen molar-refractivity contribution >= 4 is 11.8 Å². The third-order valence-electron chi connectivity index (χ3n) is 3.13. The van der Waals surface area contributed by atoms with Crippen LogP contribution in [0.4, 0.5) is 0 Å². The van der Waals surface area contributed by atoms with E-state index in [0.29, 0.717) is 16.9 Å². The molecule has 0 unspecified atom stereocenters. The van der Waals surface area contributed by atoms with E-state index in [1.165, 1.54) is 14.2 Å². The predicted molar refractivity (Wildman–Crippen MR) is 78.8 cm³/mol. The molecule has 2 rings (SSSR count). The van der Waals surface area contributed by atoms with Crippen LogP contribution in [0.5, 0.6) is 5.75 Å². The van der Waals surface area contributed by atoms with Crippen LogP contribution in [0, 0.1) is 0 Å². The Labute approximate surface area is 123 Å². The molecule has 4 heteroatoms. The fourth-order valence-corrected chi connectivity index (χ4v) is 2.05. The van der Waals surface area contributed by atoms with Gasteiger partial charge in [-0.25, -0.2) is 4.79 Å². The topological polar surface area (TPSA) is 52.6 Å². The molecule has 0 radical (unpaired) electrons. The summed E-state index contributed by atoms with van der Waals surface area (Å²) in [6, 6.07) is 14.1. The third-order valence-corrected chi connectivity index (χ3v) is 3.13. The van der Waals surface area contributed by atoms with Crippen molar-refractivity contribution < 1.29 is 19.1 Å². The van der Waals surface area contributed by atoms with E-state index in [1.54, 1.807) is 30.3 Å². The van der Waals surface area contributed by atoms with Crippen molar-refractivity contribution in [2.45, 2.75) is 6.42 Å². The molecule has 0 saturated carbocycles. The number of benzene rings is 2. The molecule has 2 aromatic carbocycles. The zero-order chi connectivity index (χ0) is 15.2. The second kappa shape index (κ2) is 6.70. The summed E-state index contributed by atoms with van der Waals surface area (Å²) in [5.74, 6) is -0.0600. The molecule has 108 valence electrons. The molecular formula is C17H16O4. The molecule has 2 aromatic rings. The van der Waals surface area contributed by atoms with Gasteiger partial charge in [-0.2, -0.15) is 0 Å². The van der Waals surface area contributed by atoms with Gasteiger partial charge in [0.15, 0.2) is 5.78 Å². The lowest BCUT2D eigenvalue weighted by Crippen LogP contribution is -2.07. The van der Waals surface area contributed by atoms with Gasteiger partial charge < -0.3 is 9.47 Å². The normalized spacial score (nSPS) is 10.0. The monoisotopic (exact) mass is 284 g/mol. The van der Waals surface area contributed by atoms with Crippen LogP contribution in [0.15, 0.2) is 48.5 Å². The highest BCUT2D eigenvalue weighted by Gasteiger charge is 2.15. The Morgan fingerprint density at radius 2 is 1.71 bits per heavy atom. The summed E-state index contributed by atoms with van der Waals surface area (Å²) in [4.78, 5) is 23.9. The first kappa shape index (κ1) is 14.8. The first-order chi connectivity index (χ1) is 10.2. The number of hydrogen-bond acceptors (Lipinski definition) is 4. The van der Waals surface area contributed by atoms with Gasteiger partial charge in [0.2, 0.25) is 0 Å². The number of hydrogen-bond donors (Lipinski definition) is 0. The van der Waals surface area contributed by atoms with Gasteiger partial charge in [-0.15, -0.1) is 0 Å². The van der Waals surface area contributed by atoms with Crippen LogP contribution in [0.3, 0.4) is 0 Å². The lowest BCUT2D eigenvalue weighted by Gasteiger charge is -2.09. The Morgan fingerprint density at radius 3 is 2.33 bits per heavy atom. The van der Waals surface area contributed by atoms with Crippen molar-refractivity contribution in [3.63, 3.8) is 0 Å². The molecule has 0 aliphatic rings. The molecule has 0 aliphatic heterocycles. The van der Waals surface area contributed by atoms with E-state index in [2.05, 4.69) is 0 Å². The van der Waals surface area contributed by atoms with Crippen LogP contribution in [0.2, 0.25) is 0 Å². The maximum absolute atomic E-state index is 12.2. The Morgan fingerprint density at radius 1 is 1.00 bits per heavy atom. The zero-order valence-electron chi connectivity index (χ0n) is 12.0. The van der Waals surface area contributed by atoms with Crippen molar-refractivity contribution in [3.05, 3.63) is 65.2 Å². The molecule has 0 atom stereocenters. The number of rotatable bonds is 5. The van der Waals surface area contributed by atoms with Crippen LogP contribution in [0.1, 0.15) is 26.3 Å². The summed E-state index contributed by atoms with van der Waals surface area (Å²) in [7, 11) is 2.79. The average molecular weight is 284 g/mol. The van der Waals surface area contributed by atoms with Crippen LogP contribution < -0.4 is 4.74 Å². The molecular weight excluding hydrogens is 268 g/mol. The zero-order valence-corrected chi connectivity index (χ0v) is 12.0. The van der Waals surface area contributed by atoms with Gasteiger partial charge in [-0.05, 0) is 17.7 Å². The Balaban J connectivity index is 2.25. The summed E-state index contributed by atoms with van der Waals surface area (Å²) in [6.07, 6.45) is 0.220. The van der Waals surface area contributed by atoms with E-state index in [1.807, 2.05) is 18.2 Å². The average Bonchev–Trinajstić information content (AvgIpc) is 2.54. The maximum atomic E-state index is 12.2. The van der Waals surface area contributed by atoms with Crippen molar-refractivity contribution in [3.8, 4) is 5.75 Å². The largest absolute Gasteiger partial charge is 0.496 e. The number of Topliss-reactive ketones (excluding diaryl/α,β-unsaturated/α-hetero) is 1. The molecule has 0 heterocycles. The highest BCUT2D eigenvalue weighted by atomic mass is 16.5. The lowest BCUT2D eigenvalue weighted by atomic mass is 10.0. The number of ketones is 1. The van der Waals surface area contributed by atoms with Crippen LogP contribution in [-0.2, 0) is 11.2 Å². The van der Waals surface area contributed by atoms with Gasteiger partial charge in [0.25, 0.3) is 0 Å². The summed E-state index contributed by atoms with van der Waals surface area (Å²) in [6.45, 7) is 0. The summed E-state index contributed by atoms with van der Waals surface area (Å²) >= 11 is 0. The van der Waals surface area contributed by atoms with E-state index in [9.17, 15) is 9.59 Å². The van der Waals surface area contributed by atoms with Gasteiger partial charge in [-0.3, -0.25) is 4.79 Å². The molecule has 0 saturated heterocycles. The quantitative estimate of drug-likeness (QED) is 0.626. The standard InChI is InChI=1S/C17H16O4/c1-20-16-9-8-12(10-14(16)17(19)21-2)11-15(18)13-6-4-3-5-7-13/h3-10H,11H2,1-2H3. The minimum atomic E-state index is -0.485. The fraction of sp³-hybridized carbons (Fsp3) is 0.176. The summed E-state index contributed by atoms with van der Waals surface area (Å²) in [5.41, 5.74) is 1.70. The van der Waals surface area contributed by atoms with Crippen molar-refractivity contribution in [1.29, 1.82) is 0 Å². The van der Waals surface area contributed by atoms with Crippen LogP contribution in [0.25, 0.3) is 0 Å². The second-order valence-corrected chi connectivity index (χ2v) is 4.49. The van der Waals surface area contributed by atoms with Crippen molar-refractivity contribution in [2.24, 2.45) is 0 Å². The van der Waals surface area contributed by atoms with E-state index in [4.69, 9.17) is 9.47 Å². The maximum Gasteiger partial charge on any atom is 0.341 e. The molecule has 21 heavy (non-hydrogen) atoms. The Kier molecular flexibility index (Phi) is 4.72. The fourth-order valence-electron chi connectivity index (χ4n) is 2.05. The van der Waals surface area contributed by atoms with Crippen molar-refractivity contribution in [1.82, 2.24) is 0 Å². The second-order valence-electron chi connectivity index (χ2n) is 4.49. The highest BCUT2D eigenvalue weighted by molar-refractivity contribution is 5.98. The molecule has 0 spiro atoms. The molecule has 0 N–H and O–H groups in total. The smallest absolute Gasteiger partial charge is 0.341 e. The minimum absolute atomic E-state index is 0.00316. The number of esters is 1. The van der Waals surface area contributed by atoms with Crippen LogP contribution >= 0.6 is 0 Å². The van der Waals surface area contributed by atoms with E-state index in [-0.39, 0.29) is 12.2 Å². The van der Waals surface area contributed by atoms with Gasteiger partial charge in [0.05, 0.1) is 14.2 Å². The molecule has 0 aliphatic carbocycles. The molecule has 0 amide bonds. The predicted octanol–water partition coefficient (Wildman–Crippen LogP) is 2.91. The Hall–Kier alpha value is -2.62. The molecule has 0 aromatic heterocycles. The van der Waals surface area contributed by atoms with Gasteiger partial charge >= 0.3 is 5.97 Å². The number of methoxy groups -OCH3 is 2. The third kappa shape index (κ3) is 3.48. The molecule has 4 nitrogen and oxygen atoms in total. The first-order valence-corrected chi connectivity index (χ1v) is 6.49. The van der Waals surface area contributed by atoms with E-state index >= 15 is 0 Å². The summed E-state index contributed by atoms with van der Waals surface area (Å²) in [5, 5.41) is 0. The minimum Gasteiger partial charge on any atom is -0.496 e. The SMILES string of the molecule is COC(=O)c1cc(CC(=O)c2ccccc2)ccc1OC. The van der Waals surface area contributed by atoms with Gasteiger partial charge in [0.1, 0.15) is 11.3 Å². The van der Waals surface area contributed by atoms with Gasteiger partial charge in [0, 0.05) is 12.0 Å². The van der Waals surface area contributed by atoms with Crippen LogP contribution in [-0.4, -0.2) is 26.0 Å². The molecule has 0 bridgehead atoms. The van der Waals surface area contributed by atoms with Gasteiger partial charge in [-0.1, -0.05) is 36.4 Å². The lowest BCUT2D eigenvalue weighted by molar-refractivity contribution is 0.0596. The number of carbonyl (C=O) groups is 2. The van der Waals surface area contributed by atoms with Crippen molar-refractivity contribution in [2.75, 3.05) is 14.2 Å². The van der Waals surface area contributed by atoms with E-state index < -0.39 is 5.97 Å². The van der Waals surface area contributed by atoms with E-state index in [0.717, 1.165) is 5.56 Å².